The van der Waals surface area contributed by atoms with Crippen LogP contribution in [0.25, 0.3) is 0 Å². The fraction of sp³-hybridized carbons (Fsp3) is 0.263. The molecule has 0 saturated carbocycles. The largest absolute Gasteiger partial charge is 0.352 e. The monoisotopic (exact) mass is 341 g/mol. The number of amides is 2. The summed E-state index contributed by atoms with van der Waals surface area (Å²) in [6.45, 7) is 2.06. The predicted octanol–water partition coefficient (Wildman–Crippen LogP) is 2.30. The summed E-state index contributed by atoms with van der Waals surface area (Å²) in [5, 5.41) is 8.80. The molecule has 2 aromatic carbocycles. The minimum atomic E-state index is -0.349. The second kappa shape index (κ2) is 7.90. The lowest BCUT2D eigenvalue weighted by atomic mass is 10.1. The van der Waals surface area contributed by atoms with Gasteiger partial charge in [0.15, 0.2) is 0 Å². The van der Waals surface area contributed by atoms with E-state index in [0.29, 0.717) is 17.8 Å². The van der Waals surface area contributed by atoms with Crippen molar-refractivity contribution in [2.24, 2.45) is 5.92 Å². The topological polar surface area (TPSA) is 70.2 Å². The van der Waals surface area contributed by atoms with Crippen LogP contribution in [0.2, 0.25) is 0 Å². The Morgan fingerprint density at radius 2 is 1.80 bits per heavy atom. The van der Waals surface area contributed by atoms with E-state index in [0.717, 1.165) is 25.1 Å². The first-order chi connectivity index (χ1) is 12.1. The average Bonchev–Trinajstić information content (AvgIpc) is 3.17. The summed E-state index contributed by atoms with van der Waals surface area (Å²) >= 11 is 0. The van der Waals surface area contributed by atoms with Gasteiger partial charge in [-0.3, -0.25) is 9.59 Å². The number of nitrogens with one attached hydrogen (secondary N) is 3. The maximum absolute atomic E-state index is 12.9. The lowest BCUT2D eigenvalue weighted by Crippen LogP contribution is -2.31. The van der Waals surface area contributed by atoms with Gasteiger partial charge in [-0.2, -0.15) is 0 Å². The van der Waals surface area contributed by atoms with Gasteiger partial charge in [0.05, 0.1) is 5.92 Å². The van der Waals surface area contributed by atoms with E-state index in [1.807, 2.05) is 12.1 Å². The number of halogens is 1. The highest BCUT2D eigenvalue weighted by Gasteiger charge is 2.21. The smallest absolute Gasteiger partial charge is 0.255 e. The van der Waals surface area contributed by atoms with E-state index in [2.05, 4.69) is 16.0 Å². The molecule has 1 atom stereocenters. The molecule has 3 N–H and O–H groups in total. The molecular formula is C19H20FN3O2. The first-order valence-corrected chi connectivity index (χ1v) is 8.26. The van der Waals surface area contributed by atoms with Crippen molar-refractivity contribution in [1.29, 1.82) is 0 Å². The van der Waals surface area contributed by atoms with Crippen LogP contribution in [-0.4, -0.2) is 24.9 Å². The Balaban J connectivity index is 1.53. The fourth-order valence-electron chi connectivity index (χ4n) is 2.72. The summed E-state index contributed by atoms with van der Waals surface area (Å²) in [5.41, 5.74) is 1.96. The molecule has 1 unspecified atom stereocenters. The maximum atomic E-state index is 12.9. The van der Waals surface area contributed by atoms with E-state index in [9.17, 15) is 14.0 Å². The number of hydrogen-bond acceptors (Lipinski definition) is 3. The Kier molecular flexibility index (Phi) is 5.40. The Morgan fingerprint density at radius 1 is 1.08 bits per heavy atom. The van der Waals surface area contributed by atoms with E-state index < -0.39 is 0 Å². The third kappa shape index (κ3) is 4.64. The third-order valence-electron chi connectivity index (χ3n) is 4.22. The van der Waals surface area contributed by atoms with Gasteiger partial charge in [-0.1, -0.05) is 12.1 Å². The van der Waals surface area contributed by atoms with E-state index in [1.165, 1.54) is 24.3 Å². The zero-order valence-electron chi connectivity index (χ0n) is 13.7. The first-order valence-electron chi connectivity index (χ1n) is 8.26. The molecule has 0 spiro atoms. The van der Waals surface area contributed by atoms with E-state index in [1.54, 1.807) is 12.1 Å². The molecule has 1 aliphatic rings. The molecule has 1 saturated heterocycles. The molecule has 2 amide bonds. The molecule has 1 aliphatic heterocycles. The molecule has 3 rings (SSSR count). The maximum Gasteiger partial charge on any atom is 0.255 e. The number of carbonyl (C=O) groups excluding carboxylic acids is 2. The van der Waals surface area contributed by atoms with Crippen molar-refractivity contribution < 1.29 is 14.0 Å². The Morgan fingerprint density at radius 3 is 2.44 bits per heavy atom. The van der Waals surface area contributed by atoms with Gasteiger partial charge < -0.3 is 16.0 Å². The Hall–Kier alpha value is -2.73. The van der Waals surface area contributed by atoms with Gasteiger partial charge in [0, 0.05) is 24.3 Å². The number of rotatable bonds is 5. The molecule has 0 aromatic heterocycles. The van der Waals surface area contributed by atoms with Crippen molar-refractivity contribution in [2.75, 3.05) is 18.4 Å². The van der Waals surface area contributed by atoms with Gasteiger partial charge in [0.25, 0.3) is 5.91 Å². The average molecular weight is 341 g/mol. The van der Waals surface area contributed by atoms with Crippen molar-refractivity contribution in [3.05, 3.63) is 65.5 Å². The quantitative estimate of drug-likeness (QED) is 0.782. The second-order valence-electron chi connectivity index (χ2n) is 6.07. The minimum absolute atomic E-state index is 0.0424. The van der Waals surface area contributed by atoms with Crippen molar-refractivity contribution >= 4 is 17.5 Å². The zero-order chi connectivity index (χ0) is 17.6. The molecule has 6 heteroatoms. The molecule has 2 aromatic rings. The van der Waals surface area contributed by atoms with Gasteiger partial charge in [0.1, 0.15) is 5.82 Å². The molecule has 0 radical (unpaired) electrons. The van der Waals surface area contributed by atoms with Crippen LogP contribution in [0.3, 0.4) is 0 Å². The summed E-state index contributed by atoms with van der Waals surface area (Å²) in [4.78, 5) is 24.1. The highest BCUT2D eigenvalue weighted by molar-refractivity contribution is 6.04. The molecule has 1 heterocycles. The lowest BCUT2D eigenvalue weighted by molar-refractivity contribution is -0.124. The summed E-state index contributed by atoms with van der Waals surface area (Å²) in [6.07, 6.45) is 0.869. The number of hydrogen-bond donors (Lipinski definition) is 3. The normalized spacial score (nSPS) is 16.4. The van der Waals surface area contributed by atoms with Crippen LogP contribution in [0.4, 0.5) is 10.1 Å². The van der Waals surface area contributed by atoms with E-state index in [4.69, 9.17) is 0 Å². The molecule has 1 fully saturated rings. The SMILES string of the molecule is O=C(Nc1ccc(F)cc1)c1ccc(CNC(=O)C2CCNC2)cc1. The van der Waals surface area contributed by atoms with Crippen LogP contribution in [0.15, 0.2) is 48.5 Å². The van der Waals surface area contributed by atoms with Gasteiger partial charge in [-0.25, -0.2) is 4.39 Å². The van der Waals surface area contributed by atoms with Crippen LogP contribution in [-0.2, 0) is 11.3 Å². The molecule has 0 aliphatic carbocycles. The van der Waals surface area contributed by atoms with Crippen LogP contribution in [0, 0.1) is 11.7 Å². The van der Waals surface area contributed by atoms with Crippen molar-refractivity contribution in [2.45, 2.75) is 13.0 Å². The number of anilines is 1. The summed E-state index contributed by atoms with van der Waals surface area (Å²) in [7, 11) is 0. The third-order valence-corrected chi connectivity index (χ3v) is 4.22. The standard InChI is InChI=1S/C19H20FN3O2/c20-16-5-7-17(8-6-16)23-19(25)14-3-1-13(2-4-14)11-22-18(24)15-9-10-21-12-15/h1-8,15,21H,9-12H2,(H,22,24)(H,23,25). The minimum Gasteiger partial charge on any atom is -0.352 e. The second-order valence-corrected chi connectivity index (χ2v) is 6.07. The van der Waals surface area contributed by atoms with Crippen LogP contribution in [0.1, 0.15) is 22.3 Å². The first kappa shape index (κ1) is 17.1. The summed E-state index contributed by atoms with van der Waals surface area (Å²) < 4.78 is 12.9. The van der Waals surface area contributed by atoms with Gasteiger partial charge in [0.2, 0.25) is 5.91 Å². The van der Waals surface area contributed by atoms with Crippen molar-refractivity contribution in [3.63, 3.8) is 0 Å². The molecular weight excluding hydrogens is 321 g/mol. The van der Waals surface area contributed by atoms with Gasteiger partial charge in [-0.05, 0) is 54.9 Å². The van der Waals surface area contributed by atoms with E-state index >= 15 is 0 Å². The van der Waals surface area contributed by atoms with E-state index in [-0.39, 0.29) is 23.5 Å². The van der Waals surface area contributed by atoms with Crippen molar-refractivity contribution in [1.82, 2.24) is 10.6 Å². The van der Waals surface area contributed by atoms with Crippen LogP contribution >= 0.6 is 0 Å². The van der Waals surface area contributed by atoms with Gasteiger partial charge in [-0.15, -0.1) is 0 Å². The lowest BCUT2D eigenvalue weighted by Gasteiger charge is -2.10. The molecule has 130 valence electrons. The summed E-state index contributed by atoms with van der Waals surface area (Å²) in [5.74, 6) is -0.513. The summed E-state index contributed by atoms with van der Waals surface area (Å²) in [6, 6.07) is 12.6. The number of benzene rings is 2. The van der Waals surface area contributed by atoms with Gasteiger partial charge >= 0.3 is 0 Å². The fourth-order valence-corrected chi connectivity index (χ4v) is 2.72. The highest BCUT2D eigenvalue weighted by atomic mass is 19.1. The highest BCUT2D eigenvalue weighted by Crippen LogP contribution is 2.12. The number of carbonyl (C=O) groups is 2. The predicted molar refractivity (Wildman–Crippen MR) is 93.6 cm³/mol. The zero-order valence-corrected chi connectivity index (χ0v) is 13.7. The van der Waals surface area contributed by atoms with Crippen LogP contribution < -0.4 is 16.0 Å². The molecule has 0 bridgehead atoms. The molecule has 25 heavy (non-hydrogen) atoms. The molecule has 5 nitrogen and oxygen atoms in total. The van der Waals surface area contributed by atoms with Crippen molar-refractivity contribution in [3.8, 4) is 0 Å². The van der Waals surface area contributed by atoms with Crippen LogP contribution in [0.5, 0.6) is 0 Å². The Bertz CT molecular complexity index is 738. The Labute approximate surface area is 145 Å².